The van der Waals surface area contributed by atoms with Gasteiger partial charge in [-0.05, 0) is 244 Å². The molecule has 516 valence electrons. The van der Waals surface area contributed by atoms with Gasteiger partial charge in [-0.25, -0.2) is 0 Å². The van der Waals surface area contributed by atoms with Gasteiger partial charge in [-0.3, -0.25) is 0 Å². The van der Waals surface area contributed by atoms with E-state index in [1.54, 1.807) is 0 Å². The van der Waals surface area contributed by atoms with Gasteiger partial charge in [-0.15, -0.1) is 0 Å². The van der Waals surface area contributed by atoms with Crippen LogP contribution in [0.25, 0.3) is 165 Å². The van der Waals surface area contributed by atoms with Crippen molar-refractivity contribution in [3.8, 4) is 78.1 Å². The molecule has 0 fully saturated rings. The maximum Gasteiger partial charge on any atom is 0.0547 e. The quantitative estimate of drug-likeness (QED) is 0.157. The van der Waals surface area contributed by atoms with E-state index >= 15 is 0 Å². The topological polar surface area (TPSA) is 9.86 Å². The number of rotatable bonds is 6. The molecule has 0 aliphatic heterocycles. The monoisotopic (exact) mass is 1400 g/mol. The van der Waals surface area contributed by atoms with E-state index in [1.165, 1.54) is 220 Å². The zero-order chi connectivity index (χ0) is 72.8. The third-order valence-electron chi connectivity index (χ3n) is 25.7. The molecule has 2 atom stereocenters. The highest BCUT2D eigenvalue weighted by molar-refractivity contribution is 6.19. The van der Waals surface area contributed by atoms with Gasteiger partial charge in [0.2, 0.25) is 0 Å². The molecule has 4 aliphatic rings. The molecule has 2 unspecified atom stereocenters. The highest BCUT2D eigenvalue weighted by Gasteiger charge is 2.40. The van der Waals surface area contributed by atoms with Crippen LogP contribution >= 0.6 is 0 Å². The first-order valence-electron chi connectivity index (χ1n) is 38.9. The first-order valence-corrected chi connectivity index (χ1v) is 38.9. The van der Waals surface area contributed by atoms with Crippen LogP contribution in [-0.4, -0.2) is 9.13 Å². The van der Waals surface area contributed by atoms with Gasteiger partial charge >= 0.3 is 0 Å². The molecule has 2 aromatic heterocycles. The molecule has 0 saturated carbocycles. The number of fused-ring (bicyclic) bond motifs is 23. The van der Waals surface area contributed by atoms with E-state index in [2.05, 4.69) is 401 Å². The minimum atomic E-state index is -0.0803. The second-order valence-corrected chi connectivity index (χ2v) is 32.1. The standard InChI is InChI=1S/2C54H37N/c1-54(2)49-21-10-9-18-41(49)46-32-52-48(31-50(46)54)47-30-37(24-27-51(47)55(52)38-25-22-33-12-3-4-14-35(33)28-38)36-23-26-44-45(29-36)40-17-7-8-19-43(40)53(44)42-20-11-15-34-13-5-6-16-39(34)42;1-54(2)47-21-10-9-19-44(47)52-48(54)27-29-50-53(52)46-32-37(24-28-49(46)55(50)38-25-22-33-12-3-4-14-35(33)30-38)36-23-26-43-45(31-36)40-17-7-8-18-42(40)51(43)41-20-11-15-34-13-5-6-16-39(34)41/h3-32,53H,1-2H3;3-32,51H,1-2H3. The van der Waals surface area contributed by atoms with Crippen molar-refractivity contribution in [2.24, 2.45) is 0 Å². The lowest BCUT2D eigenvalue weighted by Gasteiger charge is -2.21. The van der Waals surface area contributed by atoms with Gasteiger partial charge in [-0.1, -0.05) is 313 Å². The van der Waals surface area contributed by atoms with Crippen LogP contribution in [0.1, 0.15) is 95.2 Å². The van der Waals surface area contributed by atoms with Crippen molar-refractivity contribution >= 4 is 86.7 Å². The summed E-state index contributed by atoms with van der Waals surface area (Å²) >= 11 is 0. The molecule has 2 heterocycles. The molecule has 0 N–H and O–H groups in total. The van der Waals surface area contributed by atoms with E-state index < -0.39 is 0 Å². The normalized spacial score (nSPS) is 15.1. The Morgan fingerprint density at radius 3 is 1.19 bits per heavy atom. The van der Waals surface area contributed by atoms with Crippen LogP contribution in [-0.2, 0) is 10.8 Å². The highest BCUT2D eigenvalue weighted by Crippen LogP contribution is 2.57. The van der Waals surface area contributed by atoms with E-state index in [9.17, 15) is 0 Å². The lowest BCUT2D eigenvalue weighted by atomic mass is 9.82. The summed E-state index contributed by atoms with van der Waals surface area (Å²) < 4.78 is 4.98. The van der Waals surface area contributed by atoms with E-state index in [1.807, 2.05) is 0 Å². The van der Waals surface area contributed by atoms with Crippen molar-refractivity contribution in [2.75, 3.05) is 0 Å². The molecule has 0 radical (unpaired) electrons. The van der Waals surface area contributed by atoms with E-state index in [4.69, 9.17) is 0 Å². The first-order chi connectivity index (χ1) is 54.1. The van der Waals surface area contributed by atoms with Crippen molar-refractivity contribution in [1.82, 2.24) is 9.13 Å². The molecule has 20 aromatic rings. The zero-order valence-electron chi connectivity index (χ0n) is 61.7. The predicted molar refractivity (Wildman–Crippen MR) is 463 cm³/mol. The van der Waals surface area contributed by atoms with Gasteiger partial charge in [-0.2, -0.15) is 0 Å². The molecule has 0 saturated heterocycles. The van der Waals surface area contributed by atoms with Crippen molar-refractivity contribution in [2.45, 2.75) is 50.4 Å². The van der Waals surface area contributed by atoms with Gasteiger partial charge in [0.15, 0.2) is 0 Å². The second-order valence-electron chi connectivity index (χ2n) is 32.1. The van der Waals surface area contributed by atoms with Crippen LogP contribution in [0.3, 0.4) is 0 Å². The van der Waals surface area contributed by atoms with Crippen LogP contribution in [0.2, 0.25) is 0 Å². The van der Waals surface area contributed by atoms with Crippen molar-refractivity contribution in [3.05, 3.63) is 420 Å². The molecular formula is C108H74N2. The largest absolute Gasteiger partial charge is 0.309 e. The van der Waals surface area contributed by atoms with Gasteiger partial charge in [0.1, 0.15) is 0 Å². The number of aromatic nitrogens is 2. The summed E-state index contributed by atoms with van der Waals surface area (Å²) in [5.41, 5.74) is 36.8. The van der Waals surface area contributed by atoms with E-state index in [0.29, 0.717) is 0 Å². The van der Waals surface area contributed by atoms with E-state index in [0.717, 1.165) is 0 Å². The van der Waals surface area contributed by atoms with Gasteiger partial charge in [0.25, 0.3) is 0 Å². The number of benzene rings is 18. The van der Waals surface area contributed by atoms with Crippen LogP contribution in [0.15, 0.2) is 364 Å². The Morgan fingerprint density at radius 2 is 0.609 bits per heavy atom. The molecule has 24 rings (SSSR count). The smallest absolute Gasteiger partial charge is 0.0547 e. The average Bonchev–Trinajstić information content (AvgIpc) is 1.54. The van der Waals surface area contributed by atoms with Crippen LogP contribution in [0.5, 0.6) is 0 Å². The molecule has 2 nitrogen and oxygen atoms in total. The first kappa shape index (κ1) is 62.8. The maximum absolute atomic E-state index is 2.50. The summed E-state index contributed by atoms with van der Waals surface area (Å²) in [6.45, 7) is 9.52. The number of hydrogen-bond acceptors (Lipinski definition) is 0. The number of nitrogens with zero attached hydrogens (tertiary/aromatic N) is 2. The Bertz CT molecular complexity index is 7270. The summed E-state index contributed by atoms with van der Waals surface area (Å²) in [5, 5.41) is 15.4. The minimum absolute atomic E-state index is 0.0803. The Hall–Kier alpha value is -13.4. The summed E-state index contributed by atoms with van der Waals surface area (Å²) in [4.78, 5) is 0. The van der Waals surface area contributed by atoms with E-state index in [-0.39, 0.29) is 22.7 Å². The molecule has 0 spiro atoms. The molecule has 18 aromatic carbocycles. The van der Waals surface area contributed by atoms with Crippen molar-refractivity contribution in [3.63, 3.8) is 0 Å². The summed E-state index contributed by atoms with van der Waals surface area (Å²) in [6.07, 6.45) is 0. The van der Waals surface area contributed by atoms with Crippen LogP contribution < -0.4 is 0 Å². The second kappa shape index (κ2) is 23.6. The zero-order valence-corrected chi connectivity index (χ0v) is 61.7. The third-order valence-corrected chi connectivity index (χ3v) is 25.7. The molecule has 2 heteroatoms. The van der Waals surface area contributed by atoms with Crippen LogP contribution in [0, 0.1) is 0 Å². The van der Waals surface area contributed by atoms with Gasteiger partial charge in [0, 0.05) is 55.6 Å². The number of hydrogen-bond donors (Lipinski definition) is 0. The Balaban J connectivity index is 0.000000132. The van der Waals surface area contributed by atoms with Crippen molar-refractivity contribution in [1.29, 1.82) is 0 Å². The maximum atomic E-state index is 2.50. The Kier molecular flexibility index (Phi) is 13.4. The fraction of sp³-hybridized carbons (Fsp3) is 0.0741. The molecule has 110 heavy (non-hydrogen) atoms. The lowest BCUT2D eigenvalue weighted by molar-refractivity contribution is 0.661. The Morgan fingerprint density at radius 1 is 0.209 bits per heavy atom. The van der Waals surface area contributed by atoms with Crippen molar-refractivity contribution < 1.29 is 0 Å². The fourth-order valence-corrected chi connectivity index (χ4v) is 20.5. The summed E-state index contributed by atoms with van der Waals surface area (Å²) in [7, 11) is 0. The molecule has 0 bridgehead atoms. The predicted octanol–water partition coefficient (Wildman–Crippen LogP) is 28.4. The lowest BCUT2D eigenvalue weighted by Crippen LogP contribution is -2.14. The van der Waals surface area contributed by atoms with Gasteiger partial charge in [0.05, 0.1) is 22.1 Å². The Labute approximate surface area is 639 Å². The summed E-state index contributed by atoms with van der Waals surface area (Å²) in [5.74, 6) is 0.392. The molecule has 4 aliphatic carbocycles. The fourth-order valence-electron chi connectivity index (χ4n) is 20.5. The average molecular weight is 1400 g/mol. The van der Waals surface area contributed by atoms with Crippen LogP contribution in [0.4, 0.5) is 0 Å². The third kappa shape index (κ3) is 9.11. The summed E-state index contributed by atoms with van der Waals surface area (Å²) in [6, 6.07) is 137. The molecule has 0 amide bonds. The SMILES string of the molecule is CC1(C)c2ccccc2-c2c1ccc1c2c2cc(-c3ccc4c(c3)-c3ccccc3C4c3cccc4ccccc34)ccc2n1-c1ccc2ccccc2c1.CC1(C)c2ccccc2-c2cc3c(cc21)c1cc(-c2ccc4c(c2)-c2ccccc2C4c2cccc4ccccc24)ccc1n3-c1ccc2ccccc2c1. The minimum Gasteiger partial charge on any atom is -0.309 e. The highest BCUT2D eigenvalue weighted by atomic mass is 15.0. The van der Waals surface area contributed by atoms with Gasteiger partial charge < -0.3 is 9.13 Å². The molecular weight excluding hydrogens is 1330 g/mol.